The number of hydrazine groups is 1. The van der Waals surface area contributed by atoms with Crippen molar-refractivity contribution in [2.24, 2.45) is 0 Å². The molecule has 2 amide bonds. The predicted octanol–water partition coefficient (Wildman–Crippen LogP) is -0.728. The summed E-state index contributed by atoms with van der Waals surface area (Å²) in [6, 6.07) is 5.56. The SMILES string of the molecule is O=C(CSC1NNCC(=O)N1)NCc1ccc2c(c1)OCO2. The third-order valence-electron chi connectivity index (χ3n) is 3.08. The van der Waals surface area contributed by atoms with Gasteiger partial charge in [-0.15, -0.1) is 11.8 Å². The number of hydrogen-bond donors (Lipinski definition) is 4. The summed E-state index contributed by atoms with van der Waals surface area (Å²) in [6.07, 6.45) is 0. The maximum absolute atomic E-state index is 11.8. The Labute approximate surface area is 131 Å². The Morgan fingerprint density at radius 2 is 2.23 bits per heavy atom. The maximum Gasteiger partial charge on any atom is 0.237 e. The zero-order valence-corrected chi connectivity index (χ0v) is 12.5. The van der Waals surface area contributed by atoms with Gasteiger partial charge in [-0.3, -0.25) is 9.59 Å². The van der Waals surface area contributed by atoms with Crippen molar-refractivity contribution in [3.8, 4) is 11.5 Å². The molecule has 2 aliphatic heterocycles. The molecule has 0 spiro atoms. The van der Waals surface area contributed by atoms with Crippen molar-refractivity contribution in [1.29, 1.82) is 0 Å². The van der Waals surface area contributed by atoms with Gasteiger partial charge in [-0.25, -0.2) is 10.9 Å². The number of hydrogen-bond acceptors (Lipinski definition) is 7. The minimum absolute atomic E-state index is 0.1000. The number of fused-ring (bicyclic) bond motifs is 1. The summed E-state index contributed by atoms with van der Waals surface area (Å²) < 4.78 is 10.5. The van der Waals surface area contributed by atoms with Gasteiger partial charge in [0.25, 0.3) is 0 Å². The van der Waals surface area contributed by atoms with E-state index in [1.807, 2.05) is 18.2 Å². The quantitative estimate of drug-likeness (QED) is 0.567. The summed E-state index contributed by atoms with van der Waals surface area (Å²) in [5.74, 6) is 1.45. The van der Waals surface area contributed by atoms with E-state index in [1.54, 1.807) is 0 Å². The smallest absolute Gasteiger partial charge is 0.237 e. The normalized spacial score (nSPS) is 19.6. The van der Waals surface area contributed by atoms with Crippen molar-refractivity contribution < 1.29 is 19.1 Å². The molecule has 2 aliphatic rings. The van der Waals surface area contributed by atoms with Crippen LogP contribution in [0, 0.1) is 0 Å². The Hall–Kier alpha value is -1.97. The number of thioether (sulfide) groups is 1. The lowest BCUT2D eigenvalue weighted by Crippen LogP contribution is -2.58. The van der Waals surface area contributed by atoms with Crippen molar-refractivity contribution in [2.45, 2.75) is 12.0 Å². The second-order valence-electron chi connectivity index (χ2n) is 4.72. The number of amides is 2. The van der Waals surface area contributed by atoms with Crippen LogP contribution >= 0.6 is 11.8 Å². The average Bonchev–Trinajstić information content (AvgIpc) is 2.98. The second kappa shape index (κ2) is 6.86. The number of ether oxygens (including phenoxy) is 2. The van der Waals surface area contributed by atoms with Crippen LogP contribution in [0.15, 0.2) is 18.2 Å². The Bertz CT molecular complexity index is 583. The van der Waals surface area contributed by atoms with Gasteiger partial charge in [-0.05, 0) is 17.7 Å². The highest BCUT2D eigenvalue weighted by molar-refractivity contribution is 8.00. The fourth-order valence-electron chi connectivity index (χ4n) is 2.00. The zero-order valence-electron chi connectivity index (χ0n) is 11.7. The Balaban J connectivity index is 1.41. The largest absolute Gasteiger partial charge is 0.454 e. The van der Waals surface area contributed by atoms with Crippen LogP contribution in [0.4, 0.5) is 0 Å². The first kappa shape index (κ1) is 14.9. The molecule has 1 fully saturated rings. The minimum atomic E-state index is -0.308. The lowest BCUT2D eigenvalue weighted by molar-refractivity contribution is -0.122. The van der Waals surface area contributed by atoms with Gasteiger partial charge < -0.3 is 20.1 Å². The molecule has 1 saturated heterocycles. The van der Waals surface area contributed by atoms with Crippen molar-refractivity contribution in [2.75, 3.05) is 19.1 Å². The molecule has 4 N–H and O–H groups in total. The first-order valence-corrected chi connectivity index (χ1v) is 7.80. The standard InChI is InChI=1S/C13H16N4O4S/c18-11-5-15-17-13(16-11)22-6-12(19)14-4-8-1-2-9-10(3-8)21-7-20-9/h1-3,13,15,17H,4-7H2,(H,14,19)(H,16,18). The third kappa shape index (κ3) is 3.81. The number of nitrogens with one attached hydrogen (secondary N) is 4. The van der Waals surface area contributed by atoms with E-state index < -0.39 is 0 Å². The molecule has 0 radical (unpaired) electrons. The minimum Gasteiger partial charge on any atom is -0.454 e. The van der Waals surface area contributed by atoms with Crippen LogP contribution in [-0.4, -0.2) is 36.4 Å². The van der Waals surface area contributed by atoms with E-state index in [9.17, 15) is 9.59 Å². The van der Waals surface area contributed by atoms with Crippen molar-refractivity contribution >= 4 is 23.6 Å². The molecule has 2 heterocycles. The van der Waals surface area contributed by atoms with Crippen LogP contribution in [0.1, 0.15) is 5.56 Å². The number of carbonyl (C=O) groups is 2. The van der Waals surface area contributed by atoms with Crippen molar-refractivity contribution in [3.05, 3.63) is 23.8 Å². The van der Waals surface area contributed by atoms with E-state index in [0.29, 0.717) is 12.3 Å². The van der Waals surface area contributed by atoms with Crippen LogP contribution in [0.25, 0.3) is 0 Å². The molecule has 0 aliphatic carbocycles. The molecule has 8 nitrogen and oxygen atoms in total. The summed E-state index contributed by atoms with van der Waals surface area (Å²) in [6.45, 7) is 0.877. The van der Waals surface area contributed by atoms with Crippen LogP contribution in [0.3, 0.4) is 0 Å². The summed E-state index contributed by atoms with van der Waals surface area (Å²) in [5, 5.41) is 5.54. The molecular formula is C13H16N4O4S. The van der Waals surface area contributed by atoms with E-state index in [2.05, 4.69) is 21.5 Å². The van der Waals surface area contributed by atoms with E-state index >= 15 is 0 Å². The van der Waals surface area contributed by atoms with Crippen molar-refractivity contribution in [3.63, 3.8) is 0 Å². The number of carbonyl (C=O) groups excluding carboxylic acids is 2. The molecular weight excluding hydrogens is 308 g/mol. The molecule has 22 heavy (non-hydrogen) atoms. The number of rotatable bonds is 5. The fraction of sp³-hybridized carbons (Fsp3) is 0.385. The Morgan fingerprint density at radius 1 is 1.36 bits per heavy atom. The topological polar surface area (TPSA) is 101 Å². The van der Waals surface area contributed by atoms with Gasteiger partial charge in [0.2, 0.25) is 18.6 Å². The van der Waals surface area contributed by atoms with Gasteiger partial charge in [0.05, 0.1) is 12.3 Å². The Kier molecular flexibility index (Phi) is 4.66. The molecule has 1 aromatic carbocycles. The lowest BCUT2D eigenvalue weighted by Gasteiger charge is -2.24. The van der Waals surface area contributed by atoms with Crippen molar-refractivity contribution in [1.82, 2.24) is 21.5 Å². The fourth-order valence-corrected chi connectivity index (χ4v) is 2.80. The zero-order chi connectivity index (χ0) is 15.4. The average molecular weight is 324 g/mol. The van der Waals surface area contributed by atoms with Gasteiger partial charge in [-0.2, -0.15) is 0 Å². The summed E-state index contributed by atoms with van der Waals surface area (Å²) >= 11 is 1.30. The monoisotopic (exact) mass is 324 g/mol. The molecule has 0 aromatic heterocycles. The van der Waals surface area contributed by atoms with E-state index in [0.717, 1.165) is 11.3 Å². The first-order valence-electron chi connectivity index (χ1n) is 6.75. The molecule has 118 valence electrons. The maximum atomic E-state index is 11.8. The van der Waals surface area contributed by atoms with Crippen LogP contribution < -0.4 is 31.0 Å². The first-order chi connectivity index (χ1) is 10.7. The predicted molar refractivity (Wildman–Crippen MR) is 79.9 cm³/mol. The van der Waals surface area contributed by atoms with Crippen LogP contribution in [0.5, 0.6) is 11.5 Å². The molecule has 0 bridgehead atoms. The molecule has 1 atom stereocenters. The summed E-state index contributed by atoms with van der Waals surface area (Å²) in [5.41, 5.74) is 6.26. The molecule has 1 aromatic rings. The molecule has 1 unspecified atom stereocenters. The second-order valence-corrected chi connectivity index (χ2v) is 5.81. The van der Waals surface area contributed by atoms with Gasteiger partial charge in [0, 0.05) is 6.54 Å². The van der Waals surface area contributed by atoms with E-state index in [1.165, 1.54) is 11.8 Å². The van der Waals surface area contributed by atoms with Crippen LogP contribution in [-0.2, 0) is 16.1 Å². The lowest BCUT2D eigenvalue weighted by atomic mass is 10.2. The highest BCUT2D eigenvalue weighted by Crippen LogP contribution is 2.32. The highest BCUT2D eigenvalue weighted by atomic mass is 32.2. The van der Waals surface area contributed by atoms with Gasteiger partial charge in [0.15, 0.2) is 11.5 Å². The number of benzene rings is 1. The van der Waals surface area contributed by atoms with Crippen LogP contribution in [0.2, 0.25) is 0 Å². The van der Waals surface area contributed by atoms with E-state index in [-0.39, 0.29) is 36.4 Å². The Morgan fingerprint density at radius 3 is 3.09 bits per heavy atom. The highest BCUT2D eigenvalue weighted by Gasteiger charge is 2.18. The third-order valence-corrected chi connectivity index (χ3v) is 4.08. The molecule has 0 saturated carbocycles. The molecule has 3 rings (SSSR count). The summed E-state index contributed by atoms with van der Waals surface area (Å²) in [4.78, 5) is 23.0. The van der Waals surface area contributed by atoms with Gasteiger partial charge in [0.1, 0.15) is 5.50 Å². The van der Waals surface area contributed by atoms with Gasteiger partial charge in [-0.1, -0.05) is 6.07 Å². The van der Waals surface area contributed by atoms with Gasteiger partial charge >= 0.3 is 0 Å². The van der Waals surface area contributed by atoms with E-state index in [4.69, 9.17) is 9.47 Å². The summed E-state index contributed by atoms with van der Waals surface area (Å²) in [7, 11) is 0. The molecule has 9 heteroatoms.